The Hall–Kier alpha value is -1.54. The molecule has 0 aliphatic heterocycles. The minimum atomic E-state index is -0.397. The second kappa shape index (κ2) is 7.15. The van der Waals surface area contributed by atoms with Crippen LogP contribution >= 0.6 is 34.2 Å². The van der Waals surface area contributed by atoms with Crippen LogP contribution in [0.1, 0.15) is 10.4 Å². The van der Waals surface area contributed by atoms with Gasteiger partial charge < -0.3 is 14.8 Å². The van der Waals surface area contributed by atoms with Gasteiger partial charge in [0.05, 0.1) is 30.5 Å². The van der Waals surface area contributed by atoms with Gasteiger partial charge >= 0.3 is 0 Å². The molecule has 0 unspecified atom stereocenters. The number of hydrogen-bond acceptors (Lipinski definition) is 3. The molecular weight excluding hydrogens is 424 g/mol. The summed E-state index contributed by atoms with van der Waals surface area (Å²) in [6.07, 6.45) is 0. The van der Waals surface area contributed by atoms with Crippen molar-refractivity contribution in [2.75, 3.05) is 19.5 Å². The Bertz CT molecular complexity index is 724. The standard InChI is InChI=1S/C15H12ClFINO3/c1-21-13-7-14(22-2)12(6-10(13)16)19-15(20)9-4-3-8(17)5-11(9)18/h3-7H,1-2H3,(H,19,20). The first-order valence-corrected chi connectivity index (χ1v) is 7.60. The molecule has 2 rings (SSSR count). The molecule has 7 heteroatoms. The first-order chi connectivity index (χ1) is 10.5. The van der Waals surface area contributed by atoms with E-state index >= 15 is 0 Å². The highest BCUT2D eigenvalue weighted by molar-refractivity contribution is 14.1. The van der Waals surface area contributed by atoms with Crippen molar-refractivity contribution in [2.45, 2.75) is 0 Å². The second-order valence-corrected chi connectivity index (χ2v) is 5.83. The molecule has 2 aromatic carbocycles. The Morgan fingerprint density at radius 2 is 1.86 bits per heavy atom. The third kappa shape index (κ3) is 3.61. The van der Waals surface area contributed by atoms with Crippen molar-refractivity contribution < 1.29 is 18.7 Å². The molecule has 1 amide bonds. The van der Waals surface area contributed by atoms with Crippen LogP contribution in [0.2, 0.25) is 5.02 Å². The van der Waals surface area contributed by atoms with Gasteiger partial charge in [-0.25, -0.2) is 4.39 Å². The monoisotopic (exact) mass is 435 g/mol. The van der Waals surface area contributed by atoms with Crippen molar-refractivity contribution in [2.24, 2.45) is 0 Å². The fraction of sp³-hybridized carbons (Fsp3) is 0.133. The topological polar surface area (TPSA) is 47.6 Å². The quantitative estimate of drug-likeness (QED) is 0.726. The molecule has 0 aliphatic carbocycles. The van der Waals surface area contributed by atoms with E-state index in [1.165, 1.54) is 38.5 Å². The molecule has 0 fully saturated rings. The highest BCUT2D eigenvalue weighted by atomic mass is 127. The van der Waals surface area contributed by atoms with Gasteiger partial charge in [-0.2, -0.15) is 0 Å². The average molecular weight is 436 g/mol. The lowest BCUT2D eigenvalue weighted by atomic mass is 10.2. The zero-order chi connectivity index (χ0) is 16.3. The maximum absolute atomic E-state index is 13.1. The van der Waals surface area contributed by atoms with Gasteiger partial charge in [0.2, 0.25) is 0 Å². The van der Waals surface area contributed by atoms with Crippen LogP contribution in [-0.2, 0) is 0 Å². The first-order valence-electron chi connectivity index (χ1n) is 6.14. The van der Waals surface area contributed by atoms with Crippen molar-refractivity contribution >= 4 is 45.8 Å². The Labute approximate surface area is 145 Å². The fourth-order valence-electron chi connectivity index (χ4n) is 1.82. The second-order valence-electron chi connectivity index (χ2n) is 4.27. The highest BCUT2D eigenvalue weighted by Crippen LogP contribution is 2.36. The van der Waals surface area contributed by atoms with E-state index in [4.69, 9.17) is 21.1 Å². The molecule has 1 N–H and O–H groups in total. The van der Waals surface area contributed by atoms with E-state index in [1.54, 1.807) is 6.07 Å². The van der Waals surface area contributed by atoms with Gasteiger partial charge in [-0.15, -0.1) is 0 Å². The average Bonchev–Trinajstić information content (AvgIpc) is 2.47. The normalized spacial score (nSPS) is 10.2. The molecular formula is C15H12ClFINO3. The number of carbonyl (C=O) groups excluding carboxylic acids is 1. The van der Waals surface area contributed by atoms with Crippen molar-refractivity contribution in [3.8, 4) is 11.5 Å². The maximum Gasteiger partial charge on any atom is 0.256 e. The number of anilines is 1. The lowest BCUT2D eigenvalue weighted by Gasteiger charge is -2.13. The molecule has 0 saturated carbocycles. The summed E-state index contributed by atoms with van der Waals surface area (Å²) in [5.41, 5.74) is 0.759. The Balaban J connectivity index is 2.33. The summed E-state index contributed by atoms with van der Waals surface area (Å²) >= 11 is 7.96. The van der Waals surface area contributed by atoms with E-state index in [9.17, 15) is 9.18 Å². The summed E-state index contributed by atoms with van der Waals surface area (Å²) in [6.45, 7) is 0. The molecule has 0 aliphatic rings. The van der Waals surface area contributed by atoms with Crippen LogP contribution in [0.4, 0.5) is 10.1 Å². The van der Waals surface area contributed by atoms with Crippen molar-refractivity contribution in [3.05, 3.63) is 50.3 Å². The highest BCUT2D eigenvalue weighted by Gasteiger charge is 2.15. The summed E-state index contributed by atoms with van der Waals surface area (Å²) < 4.78 is 23.9. The summed E-state index contributed by atoms with van der Waals surface area (Å²) in [5.74, 6) is 0.0644. The van der Waals surface area contributed by atoms with E-state index in [1.807, 2.05) is 22.6 Å². The number of carbonyl (C=O) groups is 1. The minimum Gasteiger partial charge on any atom is -0.495 e. The summed E-state index contributed by atoms with van der Waals surface area (Å²) in [4.78, 5) is 12.3. The van der Waals surface area contributed by atoms with E-state index in [0.29, 0.717) is 31.3 Å². The van der Waals surface area contributed by atoms with Gasteiger partial charge in [-0.05, 0) is 46.9 Å². The maximum atomic E-state index is 13.1. The fourth-order valence-corrected chi connectivity index (χ4v) is 2.78. The molecule has 4 nitrogen and oxygen atoms in total. The molecule has 2 aromatic rings. The molecule has 0 bridgehead atoms. The molecule has 0 atom stereocenters. The summed E-state index contributed by atoms with van der Waals surface area (Å²) in [7, 11) is 2.96. The molecule has 116 valence electrons. The van der Waals surface area contributed by atoms with Crippen LogP contribution in [0, 0.1) is 9.39 Å². The molecule has 0 aromatic heterocycles. The zero-order valence-electron chi connectivity index (χ0n) is 11.7. The number of halogens is 3. The predicted molar refractivity (Wildman–Crippen MR) is 91.6 cm³/mol. The molecule has 0 radical (unpaired) electrons. The van der Waals surface area contributed by atoms with Crippen LogP contribution in [-0.4, -0.2) is 20.1 Å². The smallest absolute Gasteiger partial charge is 0.256 e. The molecule has 0 saturated heterocycles. The largest absolute Gasteiger partial charge is 0.495 e. The van der Waals surface area contributed by atoms with E-state index in [-0.39, 0.29) is 5.91 Å². The number of rotatable bonds is 4. The summed E-state index contributed by atoms with van der Waals surface area (Å²) in [6, 6.07) is 7.05. The zero-order valence-corrected chi connectivity index (χ0v) is 14.7. The van der Waals surface area contributed by atoms with Gasteiger partial charge in [0.25, 0.3) is 5.91 Å². The Morgan fingerprint density at radius 3 is 2.45 bits per heavy atom. The lowest BCUT2D eigenvalue weighted by molar-refractivity contribution is 0.102. The number of nitrogens with one attached hydrogen (secondary N) is 1. The molecule has 0 spiro atoms. The van der Waals surface area contributed by atoms with Gasteiger partial charge in [-0.3, -0.25) is 4.79 Å². The van der Waals surface area contributed by atoms with Crippen molar-refractivity contribution in [1.29, 1.82) is 0 Å². The third-order valence-electron chi connectivity index (χ3n) is 2.90. The third-order valence-corrected chi connectivity index (χ3v) is 4.09. The van der Waals surface area contributed by atoms with Crippen LogP contribution in [0.25, 0.3) is 0 Å². The van der Waals surface area contributed by atoms with Crippen molar-refractivity contribution in [3.63, 3.8) is 0 Å². The number of amides is 1. The van der Waals surface area contributed by atoms with Crippen LogP contribution in [0.3, 0.4) is 0 Å². The van der Waals surface area contributed by atoms with E-state index < -0.39 is 5.82 Å². The number of benzene rings is 2. The Kier molecular flexibility index (Phi) is 5.47. The Morgan fingerprint density at radius 1 is 1.18 bits per heavy atom. The predicted octanol–water partition coefficient (Wildman–Crippen LogP) is 4.35. The van der Waals surface area contributed by atoms with Crippen LogP contribution in [0.5, 0.6) is 11.5 Å². The SMILES string of the molecule is COc1cc(OC)c(NC(=O)c2ccc(F)cc2I)cc1Cl. The molecule has 22 heavy (non-hydrogen) atoms. The number of ether oxygens (including phenoxy) is 2. The van der Waals surface area contributed by atoms with E-state index in [2.05, 4.69) is 5.32 Å². The van der Waals surface area contributed by atoms with E-state index in [0.717, 1.165) is 0 Å². The lowest BCUT2D eigenvalue weighted by Crippen LogP contribution is -2.14. The summed E-state index contributed by atoms with van der Waals surface area (Å²) in [5, 5.41) is 3.04. The minimum absolute atomic E-state index is 0.340. The number of hydrogen-bond donors (Lipinski definition) is 1. The molecule has 0 heterocycles. The van der Waals surface area contributed by atoms with Gasteiger partial charge in [-0.1, -0.05) is 11.6 Å². The van der Waals surface area contributed by atoms with Gasteiger partial charge in [0.1, 0.15) is 17.3 Å². The van der Waals surface area contributed by atoms with Crippen LogP contribution in [0.15, 0.2) is 30.3 Å². The van der Waals surface area contributed by atoms with Crippen LogP contribution < -0.4 is 14.8 Å². The van der Waals surface area contributed by atoms with Crippen molar-refractivity contribution in [1.82, 2.24) is 0 Å². The van der Waals surface area contributed by atoms with Gasteiger partial charge in [0, 0.05) is 9.64 Å². The number of methoxy groups -OCH3 is 2. The first kappa shape index (κ1) is 16.8. The van der Waals surface area contributed by atoms with Gasteiger partial charge in [0.15, 0.2) is 0 Å².